The van der Waals surface area contributed by atoms with Gasteiger partial charge in [-0.3, -0.25) is 4.79 Å². The molecular formula is C19H21ClF2N2O3. The highest BCUT2D eigenvalue weighted by Gasteiger charge is 2.16. The summed E-state index contributed by atoms with van der Waals surface area (Å²) in [6.45, 7) is 2.36. The van der Waals surface area contributed by atoms with Crippen LogP contribution in [0.15, 0.2) is 36.4 Å². The number of rotatable bonds is 9. The van der Waals surface area contributed by atoms with Gasteiger partial charge in [-0.05, 0) is 30.7 Å². The van der Waals surface area contributed by atoms with E-state index in [1.54, 1.807) is 24.3 Å². The van der Waals surface area contributed by atoms with E-state index in [-0.39, 0.29) is 30.4 Å². The number of benzene rings is 2. The Morgan fingerprint density at radius 1 is 1.19 bits per heavy atom. The third-order valence-corrected chi connectivity index (χ3v) is 4.23. The predicted octanol–water partition coefficient (Wildman–Crippen LogP) is 3.37. The fourth-order valence-electron chi connectivity index (χ4n) is 2.51. The lowest BCUT2D eigenvalue weighted by molar-refractivity contribution is -0.136. The summed E-state index contributed by atoms with van der Waals surface area (Å²) in [4.78, 5) is 10.6. The molecule has 2 unspecified atom stereocenters. The van der Waals surface area contributed by atoms with Crippen molar-refractivity contribution in [3.63, 3.8) is 0 Å². The second kappa shape index (κ2) is 9.64. The standard InChI is InChI=1S/C19H21ClF2N2O3/c1-11(23-10-16(25)12-3-2-4-14(20)7-12)9-24-15-6-5-13(8-17(26)27)18(21)19(15)22/h2-7,11,16,23-25H,8-10H2,1H3,(H,26,27). The zero-order valence-corrected chi connectivity index (χ0v) is 15.4. The minimum Gasteiger partial charge on any atom is -0.481 e. The van der Waals surface area contributed by atoms with Gasteiger partial charge >= 0.3 is 5.97 Å². The predicted molar refractivity (Wildman–Crippen MR) is 100 cm³/mol. The molecule has 0 aliphatic heterocycles. The van der Waals surface area contributed by atoms with E-state index in [2.05, 4.69) is 10.6 Å². The van der Waals surface area contributed by atoms with Crippen LogP contribution in [0, 0.1) is 11.6 Å². The molecule has 0 aliphatic rings. The molecule has 0 amide bonds. The first-order chi connectivity index (χ1) is 12.8. The Labute approximate surface area is 161 Å². The first-order valence-electron chi connectivity index (χ1n) is 8.37. The van der Waals surface area contributed by atoms with Crippen LogP contribution in [0.1, 0.15) is 24.2 Å². The maximum absolute atomic E-state index is 14.0. The quantitative estimate of drug-likeness (QED) is 0.520. The van der Waals surface area contributed by atoms with Crippen molar-refractivity contribution in [3.05, 3.63) is 64.2 Å². The Morgan fingerprint density at radius 3 is 2.59 bits per heavy atom. The highest BCUT2D eigenvalue weighted by atomic mass is 35.5. The van der Waals surface area contributed by atoms with E-state index in [4.69, 9.17) is 16.7 Å². The average molecular weight is 399 g/mol. The maximum Gasteiger partial charge on any atom is 0.307 e. The van der Waals surface area contributed by atoms with Gasteiger partial charge in [-0.2, -0.15) is 0 Å². The molecule has 2 atom stereocenters. The molecule has 0 aromatic heterocycles. The van der Waals surface area contributed by atoms with Crippen LogP contribution in [0.25, 0.3) is 0 Å². The Morgan fingerprint density at radius 2 is 1.93 bits per heavy atom. The molecule has 0 saturated heterocycles. The Balaban J connectivity index is 1.87. The van der Waals surface area contributed by atoms with Crippen LogP contribution in [0.5, 0.6) is 0 Å². The fraction of sp³-hybridized carbons (Fsp3) is 0.316. The number of hydrogen-bond acceptors (Lipinski definition) is 4. The van der Waals surface area contributed by atoms with Crippen molar-refractivity contribution in [1.29, 1.82) is 0 Å². The minimum absolute atomic E-state index is 0.0503. The van der Waals surface area contributed by atoms with Crippen LogP contribution < -0.4 is 10.6 Å². The third kappa shape index (κ3) is 6.16. The first kappa shape index (κ1) is 21.1. The Kier molecular flexibility index (Phi) is 7.53. The number of nitrogens with one attached hydrogen (secondary N) is 2. The smallest absolute Gasteiger partial charge is 0.307 e. The van der Waals surface area contributed by atoms with Gasteiger partial charge in [0.25, 0.3) is 0 Å². The minimum atomic E-state index is -1.23. The molecule has 0 radical (unpaired) electrons. The summed E-state index contributed by atoms with van der Waals surface area (Å²) < 4.78 is 27.9. The topological polar surface area (TPSA) is 81.6 Å². The van der Waals surface area contributed by atoms with Gasteiger partial charge in [0.1, 0.15) is 0 Å². The number of hydrogen-bond donors (Lipinski definition) is 4. The average Bonchev–Trinajstić information content (AvgIpc) is 2.62. The van der Waals surface area contributed by atoms with E-state index in [0.717, 1.165) is 0 Å². The van der Waals surface area contributed by atoms with Crippen molar-refractivity contribution >= 4 is 23.3 Å². The molecule has 2 aromatic carbocycles. The molecule has 2 aromatic rings. The summed E-state index contributed by atoms with van der Waals surface area (Å²) in [7, 11) is 0. The summed E-state index contributed by atoms with van der Waals surface area (Å²) in [5, 5.41) is 25.3. The molecular weight excluding hydrogens is 378 g/mol. The number of carboxylic acids is 1. The third-order valence-electron chi connectivity index (χ3n) is 4.00. The van der Waals surface area contributed by atoms with E-state index < -0.39 is 30.1 Å². The SMILES string of the molecule is CC(CNc1ccc(CC(=O)O)c(F)c1F)NCC(O)c1cccc(Cl)c1. The van der Waals surface area contributed by atoms with Gasteiger partial charge in [-0.15, -0.1) is 0 Å². The van der Waals surface area contributed by atoms with Crippen molar-refractivity contribution in [2.45, 2.75) is 25.5 Å². The van der Waals surface area contributed by atoms with Gasteiger partial charge in [-0.1, -0.05) is 29.8 Å². The number of halogens is 3. The summed E-state index contributed by atoms with van der Waals surface area (Å²) >= 11 is 5.90. The van der Waals surface area contributed by atoms with Crippen LogP contribution in [0.2, 0.25) is 5.02 Å². The van der Waals surface area contributed by atoms with Gasteiger partial charge in [-0.25, -0.2) is 8.78 Å². The molecule has 0 saturated carbocycles. The molecule has 2 rings (SSSR count). The van der Waals surface area contributed by atoms with Gasteiger partial charge in [0, 0.05) is 29.7 Å². The number of carboxylic acid groups (broad SMARTS) is 1. The van der Waals surface area contributed by atoms with E-state index in [1.165, 1.54) is 12.1 Å². The molecule has 4 N–H and O–H groups in total. The number of aliphatic hydroxyl groups is 1. The van der Waals surface area contributed by atoms with Crippen molar-refractivity contribution in [1.82, 2.24) is 5.32 Å². The zero-order valence-electron chi connectivity index (χ0n) is 14.7. The lowest BCUT2D eigenvalue weighted by Gasteiger charge is -2.19. The molecule has 5 nitrogen and oxygen atoms in total. The summed E-state index contributed by atoms with van der Waals surface area (Å²) in [6, 6.07) is 9.30. The highest BCUT2D eigenvalue weighted by molar-refractivity contribution is 6.30. The van der Waals surface area contributed by atoms with Crippen LogP contribution in [-0.2, 0) is 11.2 Å². The molecule has 0 spiro atoms. The zero-order chi connectivity index (χ0) is 20.0. The van der Waals surface area contributed by atoms with Gasteiger partial charge in [0.2, 0.25) is 0 Å². The summed E-state index contributed by atoms with van der Waals surface area (Å²) in [5.74, 6) is -3.51. The molecule has 0 fully saturated rings. The Bertz CT molecular complexity index is 805. The van der Waals surface area contributed by atoms with Crippen LogP contribution >= 0.6 is 11.6 Å². The fourth-order valence-corrected chi connectivity index (χ4v) is 2.70. The molecule has 0 heterocycles. The molecule has 146 valence electrons. The number of anilines is 1. The second-order valence-electron chi connectivity index (χ2n) is 6.23. The van der Waals surface area contributed by atoms with E-state index >= 15 is 0 Å². The summed E-state index contributed by atoms with van der Waals surface area (Å²) in [6.07, 6.45) is -1.34. The van der Waals surface area contributed by atoms with Crippen LogP contribution in [-0.4, -0.2) is 35.3 Å². The molecule has 27 heavy (non-hydrogen) atoms. The first-order valence-corrected chi connectivity index (χ1v) is 8.75. The normalized spacial score (nSPS) is 13.2. The van der Waals surface area contributed by atoms with E-state index in [1.807, 2.05) is 6.92 Å². The van der Waals surface area contributed by atoms with Crippen molar-refractivity contribution in [2.24, 2.45) is 0 Å². The second-order valence-corrected chi connectivity index (χ2v) is 6.67. The maximum atomic E-state index is 14.0. The molecule has 0 aliphatic carbocycles. The van der Waals surface area contributed by atoms with Crippen molar-refractivity contribution in [3.8, 4) is 0 Å². The van der Waals surface area contributed by atoms with Crippen molar-refractivity contribution < 1.29 is 23.8 Å². The monoisotopic (exact) mass is 398 g/mol. The van der Waals surface area contributed by atoms with Gasteiger partial charge < -0.3 is 20.8 Å². The van der Waals surface area contributed by atoms with Crippen LogP contribution in [0.4, 0.5) is 14.5 Å². The Hall–Kier alpha value is -2.22. The highest BCUT2D eigenvalue weighted by Crippen LogP contribution is 2.21. The van der Waals surface area contributed by atoms with Crippen molar-refractivity contribution in [2.75, 3.05) is 18.4 Å². The largest absolute Gasteiger partial charge is 0.481 e. The molecule has 8 heteroatoms. The van der Waals surface area contributed by atoms with Gasteiger partial charge in [0.15, 0.2) is 11.6 Å². The molecule has 0 bridgehead atoms. The number of aliphatic carboxylic acids is 1. The summed E-state index contributed by atoms with van der Waals surface area (Å²) in [5.41, 5.74) is 0.421. The van der Waals surface area contributed by atoms with E-state index in [9.17, 15) is 18.7 Å². The van der Waals surface area contributed by atoms with E-state index in [0.29, 0.717) is 10.6 Å². The number of aliphatic hydroxyl groups excluding tert-OH is 1. The number of carbonyl (C=O) groups is 1. The van der Waals surface area contributed by atoms with Crippen LogP contribution in [0.3, 0.4) is 0 Å². The lowest BCUT2D eigenvalue weighted by atomic mass is 10.1. The lowest BCUT2D eigenvalue weighted by Crippen LogP contribution is -2.35. The van der Waals surface area contributed by atoms with Gasteiger partial charge in [0.05, 0.1) is 18.2 Å².